The maximum Gasteiger partial charge on any atom is 0.0883 e. The van der Waals surface area contributed by atoms with E-state index in [9.17, 15) is 30.6 Å². The van der Waals surface area contributed by atoms with Crippen LogP contribution in [-0.4, -0.2) is 81.0 Å². The highest BCUT2D eigenvalue weighted by Gasteiger charge is 2.70. The third kappa shape index (κ3) is 4.53. The molecule has 6 aliphatic rings. The Balaban J connectivity index is 1.38. The molecule has 7 nitrogen and oxygen atoms in total. The number of hydrogen-bond acceptors (Lipinski definition) is 7. The van der Waals surface area contributed by atoms with E-state index in [1.807, 2.05) is 7.11 Å². The summed E-state index contributed by atoms with van der Waals surface area (Å²) in [4.78, 5) is 0. The van der Waals surface area contributed by atoms with Crippen molar-refractivity contribution in [3.05, 3.63) is 11.6 Å². The molecule has 45 heavy (non-hydrogen) atoms. The van der Waals surface area contributed by atoms with Gasteiger partial charge in [-0.05, 0) is 109 Å². The number of fused-ring (bicyclic) bond motifs is 7. The molecule has 7 unspecified atom stereocenters. The van der Waals surface area contributed by atoms with Gasteiger partial charge in [0.1, 0.15) is 0 Å². The van der Waals surface area contributed by atoms with Crippen LogP contribution in [0.4, 0.5) is 0 Å². The third-order valence-corrected chi connectivity index (χ3v) is 16.5. The fourth-order valence-electron chi connectivity index (χ4n) is 13.5. The Morgan fingerprint density at radius 2 is 1.49 bits per heavy atom. The Kier molecular flexibility index (Phi) is 8.38. The molecule has 6 N–H and O–H groups in total. The van der Waals surface area contributed by atoms with Gasteiger partial charge >= 0.3 is 0 Å². The SMILES string of the molecule is CO[C@H]1CC[C@@]2(C)C(CC[C@]3(C)C2CC=C2C4CC(C)(C)CC[C@]4([C@H](O)[C@@H](O)C4C(O)C(CO)[C@H](O)C4O)CC[C@]23C)C1(C)C. The van der Waals surface area contributed by atoms with E-state index in [1.165, 1.54) is 24.8 Å². The van der Waals surface area contributed by atoms with Gasteiger partial charge in [-0.2, -0.15) is 0 Å². The number of ether oxygens (including phenoxy) is 1. The molecule has 0 amide bonds. The predicted molar refractivity (Wildman–Crippen MR) is 174 cm³/mol. The van der Waals surface area contributed by atoms with Crippen LogP contribution >= 0.6 is 0 Å². The van der Waals surface area contributed by atoms with Crippen molar-refractivity contribution in [1.82, 2.24) is 0 Å². The maximum atomic E-state index is 12.3. The summed E-state index contributed by atoms with van der Waals surface area (Å²) in [5, 5.41) is 66.2. The molecular formula is C38H64O7. The van der Waals surface area contributed by atoms with Gasteiger partial charge in [0.25, 0.3) is 0 Å². The fourth-order valence-corrected chi connectivity index (χ4v) is 13.5. The smallest absolute Gasteiger partial charge is 0.0883 e. The van der Waals surface area contributed by atoms with E-state index in [2.05, 4.69) is 54.5 Å². The molecule has 0 saturated heterocycles. The Labute approximate surface area is 271 Å². The summed E-state index contributed by atoms with van der Waals surface area (Å²) in [6.45, 7) is 16.7. The van der Waals surface area contributed by atoms with Crippen LogP contribution in [0.2, 0.25) is 0 Å². The first-order valence-electron chi connectivity index (χ1n) is 18.1. The summed E-state index contributed by atoms with van der Waals surface area (Å²) in [5.74, 6) is -0.805. The minimum atomic E-state index is -1.41. The van der Waals surface area contributed by atoms with Gasteiger partial charge in [0.2, 0.25) is 0 Å². The van der Waals surface area contributed by atoms with Crippen LogP contribution in [0.25, 0.3) is 0 Å². The number of aliphatic hydroxyl groups excluding tert-OH is 6. The number of aliphatic hydroxyl groups is 6. The van der Waals surface area contributed by atoms with Crippen molar-refractivity contribution in [2.45, 2.75) is 149 Å². The zero-order chi connectivity index (χ0) is 33.1. The summed E-state index contributed by atoms with van der Waals surface area (Å²) < 4.78 is 6.05. The maximum absolute atomic E-state index is 12.3. The summed E-state index contributed by atoms with van der Waals surface area (Å²) in [5.41, 5.74) is 1.43. The zero-order valence-corrected chi connectivity index (χ0v) is 29.3. The van der Waals surface area contributed by atoms with Gasteiger partial charge in [-0.1, -0.05) is 60.1 Å². The van der Waals surface area contributed by atoms with Crippen LogP contribution in [0.3, 0.4) is 0 Å². The average molecular weight is 633 g/mol. The molecule has 7 heteroatoms. The predicted octanol–water partition coefficient (Wildman–Crippen LogP) is 4.85. The topological polar surface area (TPSA) is 131 Å². The number of methoxy groups -OCH3 is 1. The molecule has 5 fully saturated rings. The summed E-state index contributed by atoms with van der Waals surface area (Å²) in [7, 11) is 1.88. The lowest BCUT2D eigenvalue weighted by Gasteiger charge is -2.72. The van der Waals surface area contributed by atoms with Crippen LogP contribution in [0.15, 0.2) is 11.6 Å². The third-order valence-electron chi connectivity index (χ3n) is 16.5. The van der Waals surface area contributed by atoms with Gasteiger partial charge in [0, 0.05) is 24.4 Å². The minimum Gasteiger partial charge on any atom is -0.396 e. The van der Waals surface area contributed by atoms with E-state index < -0.39 is 54.4 Å². The van der Waals surface area contributed by atoms with Gasteiger partial charge < -0.3 is 35.4 Å². The van der Waals surface area contributed by atoms with Crippen LogP contribution in [-0.2, 0) is 4.74 Å². The normalized spacial score (nSPS) is 53.3. The number of hydrogen-bond donors (Lipinski definition) is 6. The summed E-state index contributed by atoms with van der Waals surface area (Å²) >= 11 is 0. The van der Waals surface area contributed by atoms with Gasteiger partial charge in [0.15, 0.2) is 0 Å². The Morgan fingerprint density at radius 1 is 0.822 bits per heavy atom. The van der Waals surface area contributed by atoms with Gasteiger partial charge in [-0.25, -0.2) is 0 Å². The molecule has 258 valence electrons. The molecule has 0 aromatic rings. The van der Waals surface area contributed by atoms with Crippen molar-refractivity contribution < 1.29 is 35.4 Å². The first-order valence-corrected chi connectivity index (χ1v) is 18.1. The second-order valence-corrected chi connectivity index (χ2v) is 18.9. The Morgan fingerprint density at radius 3 is 2.11 bits per heavy atom. The molecule has 0 bridgehead atoms. The highest BCUT2D eigenvalue weighted by molar-refractivity contribution is 5.34. The van der Waals surface area contributed by atoms with Crippen molar-refractivity contribution in [3.63, 3.8) is 0 Å². The number of rotatable bonds is 5. The molecular weight excluding hydrogens is 568 g/mol. The van der Waals surface area contributed by atoms with Gasteiger partial charge in [0.05, 0.1) is 43.2 Å². The molecule has 0 spiro atoms. The highest BCUT2D eigenvalue weighted by Crippen LogP contribution is 2.76. The molecule has 0 aromatic heterocycles. The molecule has 0 radical (unpaired) electrons. The van der Waals surface area contributed by atoms with Gasteiger partial charge in [-0.15, -0.1) is 0 Å². The molecule has 0 heterocycles. The molecule has 0 aliphatic heterocycles. The molecule has 0 aromatic carbocycles. The van der Waals surface area contributed by atoms with E-state index in [-0.39, 0.29) is 33.0 Å². The van der Waals surface area contributed by atoms with E-state index in [1.54, 1.807) is 0 Å². The van der Waals surface area contributed by atoms with Gasteiger partial charge in [-0.3, -0.25) is 0 Å². The van der Waals surface area contributed by atoms with Crippen LogP contribution in [0, 0.1) is 62.1 Å². The van der Waals surface area contributed by atoms with Crippen molar-refractivity contribution in [2.24, 2.45) is 62.1 Å². The van der Waals surface area contributed by atoms with Crippen molar-refractivity contribution >= 4 is 0 Å². The quantitative estimate of drug-likeness (QED) is 0.239. The van der Waals surface area contributed by atoms with Crippen molar-refractivity contribution in [3.8, 4) is 0 Å². The first kappa shape index (κ1) is 34.3. The van der Waals surface area contributed by atoms with Crippen molar-refractivity contribution in [1.29, 1.82) is 0 Å². The van der Waals surface area contributed by atoms with Crippen LogP contribution < -0.4 is 0 Å². The van der Waals surface area contributed by atoms with E-state index in [0.717, 1.165) is 44.9 Å². The van der Waals surface area contributed by atoms with Crippen LogP contribution in [0.5, 0.6) is 0 Å². The fraction of sp³-hybridized carbons (Fsp3) is 0.947. The lowest BCUT2D eigenvalue weighted by molar-refractivity contribution is -0.217. The number of allylic oxidation sites excluding steroid dienone is 2. The second-order valence-electron chi connectivity index (χ2n) is 18.9. The lowest BCUT2D eigenvalue weighted by atomic mass is 9.33. The van der Waals surface area contributed by atoms with E-state index >= 15 is 0 Å². The summed E-state index contributed by atoms with van der Waals surface area (Å²) in [6, 6.07) is 0. The van der Waals surface area contributed by atoms with Crippen molar-refractivity contribution in [2.75, 3.05) is 13.7 Å². The first-order chi connectivity index (χ1) is 20.9. The standard InChI is InChI=1S/C38H64O7/c1-33(2)15-17-38(32(44)31(43)27-28(40)21(20-39)29(41)30(27)42)18-16-36(6)22(23(38)19-33)9-10-25-35(5)13-12-26(45-8)34(3,4)24(35)11-14-37(25,36)7/h9,21,23-32,39-44H,10-20H2,1-8H3/t21?,23?,24?,25?,26-,27?,28?,29-,30?,31-,32+,35-,36+,37+,38-/m0/s1. The Hall–Kier alpha value is -0.540. The van der Waals surface area contributed by atoms with E-state index in [4.69, 9.17) is 4.74 Å². The molecule has 5 saturated carbocycles. The average Bonchev–Trinajstić information content (AvgIpc) is 3.18. The minimum absolute atomic E-state index is 0.0248. The van der Waals surface area contributed by atoms with Crippen LogP contribution in [0.1, 0.15) is 113 Å². The molecule has 6 aliphatic carbocycles. The largest absolute Gasteiger partial charge is 0.396 e. The molecule has 15 atom stereocenters. The molecule has 6 rings (SSSR count). The lowest BCUT2D eigenvalue weighted by Crippen LogP contribution is -2.66. The zero-order valence-electron chi connectivity index (χ0n) is 29.3. The highest BCUT2D eigenvalue weighted by atomic mass is 16.5. The summed E-state index contributed by atoms with van der Waals surface area (Å²) in [6.07, 6.45) is 6.32. The second kappa shape index (κ2) is 11.0. The Bertz CT molecular complexity index is 1170. The monoisotopic (exact) mass is 632 g/mol. The van der Waals surface area contributed by atoms with E-state index in [0.29, 0.717) is 17.9 Å².